The predicted octanol–water partition coefficient (Wildman–Crippen LogP) is 5.46. The van der Waals surface area contributed by atoms with Gasteiger partial charge in [-0.3, -0.25) is 14.5 Å². The first-order chi connectivity index (χ1) is 20.9. The lowest BCUT2D eigenvalue weighted by Crippen LogP contribution is -2.46. The number of likely N-dealkylation sites (N-methyl/N-ethyl adjacent to an activating group) is 1. The van der Waals surface area contributed by atoms with E-state index in [0.717, 1.165) is 38.4 Å². The third-order valence-electron chi connectivity index (χ3n) is 8.26. The van der Waals surface area contributed by atoms with E-state index in [4.69, 9.17) is 14.2 Å². The molecule has 0 aromatic heterocycles. The summed E-state index contributed by atoms with van der Waals surface area (Å²) in [5, 5.41) is 0. The van der Waals surface area contributed by atoms with Crippen molar-refractivity contribution in [3.05, 3.63) is 88.5 Å². The van der Waals surface area contributed by atoms with Gasteiger partial charge in [-0.25, -0.2) is 8.78 Å². The van der Waals surface area contributed by atoms with Gasteiger partial charge in [-0.2, -0.15) is 0 Å². The van der Waals surface area contributed by atoms with E-state index in [2.05, 4.69) is 16.7 Å². The van der Waals surface area contributed by atoms with Gasteiger partial charge in [0.1, 0.15) is 11.6 Å². The van der Waals surface area contributed by atoms with E-state index in [-0.39, 0.29) is 30.6 Å². The molecular formula is C33H37F2N3O5. The standard InChI is InChI=1S/C33H37F2N3O5/c1-4-36-15-17-37(18-16-36)28-11-5-8-23-31(28)33(40)38(32(23)39)27(22-13-14-29(41-2)30(20-22)42-3)12-7-19-43-21-24-25(34)9-6-10-26(24)35/h5-6,8-11,13-14,20,27H,4,7,12,15-19,21H2,1-3H3. The van der Waals surface area contributed by atoms with Crippen LogP contribution in [0.25, 0.3) is 0 Å². The fraction of sp³-hybridized carbons (Fsp3) is 0.394. The Morgan fingerprint density at radius 1 is 0.860 bits per heavy atom. The Bertz CT molecular complexity index is 1450. The van der Waals surface area contributed by atoms with Gasteiger partial charge >= 0.3 is 0 Å². The molecule has 43 heavy (non-hydrogen) atoms. The average molecular weight is 594 g/mol. The second kappa shape index (κ2) is 13.5. The third-order valence-corrected chi connectivity index (χ3v) is 8.26. The summed E-state index contributed by atoms with van der Waals surface area (Å²) in [5.74, 6) is -1.04. The number of benzene rings is 3. The summed E-state index contributed by atoms with van der Waals surface area (Å²) in [5.41, 5.74) is 2.15. The van der Waals surface area contributed by atoms with E-state index in [1.54, 1.807) is 18.2 Å². The van der Waals surface area contributed by atoms with Crippen molar-refractivity contribution in [2.45, 2.75) is 32.4 Å². The largest absolute Gasteiger partial charge is 0.493 e. The number of rotatable bonds is 12. The number of amides is 2. The molecule has 1 atom stereocenters. The molecule has 0 bridgehead atoms. The summed E-state index contributed by atoms with van der Waals surface area (Å²) in [4.78, 5) is 33.9. The van der Waals surface area contributed by atoms with E-state index < -0.39 is 17.7 Å². The molecule has 3 aromatic carbocycles. The van der Waals surface area contributed by atoms with Gasteiger partial charge in [-0.15, -0.1) is 0 Å². The Balaban J connectivity index is 1.39. The van der Waals surface area contributed by atoms with Crippen LogP contribution in [0.1, 0.15) is 57.7 Å². The van der Waals surface area contributed by atoms with Crippen molar-refractivity contribution in [3.8, 4) is 11.5 Å². The van der Waals surface area contributed by atoms with E-state index in [9.17, 15) is 18.4 Å². The third kappa shape index (κ3) is 6.21. The van der Waals surface area contributed by atoms with E-state index in [0.29, 0.717) is 41.0 Å². The molecule has 0 spiro atoms. The monoisotopic (exact) mass is 593 g/mol. The fourth-order valence-corrected chi connectivity index (χ4v) is 5.87. The number of halogens is 2. The Kier molecular flexibility index (Phi) is 9.57. The highest BCUT2D eigenvalue weighted by Gasteiger charge is 2.43. The molecule has 1 unspecified atom stereocenters. The zero-order chi connectivity index (χ0) is 30.5. The molecule has 10 heteroatoms. The van der Waals surface area contributed by atoms with Crippen LogP contribution in [0.3, 0.4) is 0 Å². The van der Waals surface area contributed by atoms with Crippen LogP contribution in [-0.4, -0.2) is 75.2 Å². The second-order valence-electron chi connectivity index (χ2n) is 10.6. The summed E-state index contributed by atoms with van der Waals surface area (Å²) in [6.07, 6.45) is 0.791. The van der Waals surface area contributed by atoms with Crippen LogP contribution in [-0.2, 0) is 11.3 Å². The first-order valence-corrected chi connectivity index (χ1v) is 14.6. The van der Waals surface area contributed by atoms with Crippen molar-refractivity contribution in [3.63, 3.8) is 0 Å². The number of carbonyl (C=O) groups excluding carboxylic acids is 2. The molecule has 5 rings (SSSR count). The Morgan fingerprint density at radius 2 is 1.56 bits per heavy atom. The summed E-state index contributed by atoms with van der Waals surface area (Å²) in [6.45, 7) is 6.37. The van der Waals surface area contributed by atoms with Crippen LogP contribution >= 0.6 is 0 Å². The highest BCUT2D eigenvalue weighted by atomic mass is 19.1. The van der Waals surface area contributed by atoms with E-state index in [1.807, 2.05) is 18.2 Å². The first-order valence-electron chi connectivity index (χ1n) is 14.6. The summed E-state index contributed by atoms with van der Waals surface area (Å²) in [6, 6.07) is 13.8. The molecule has 2 heterocycles. The summed E-state index contributed by atoms with van der Waals surface area (Å²) in [7, 11) is 3.07. The predicted molar refractivity (Wildman–Crippen MR) is 159 cm³/mol. The van der Waals surface area contributed by atoms with Crippen LogP contribution in [0.4, 0.5) is 14.5 Å². The minimum Gasteiger partial charge on any atom is -0.493 e. The number of fused-ring (bicyclic) bond motifs is 1. The molecule has 0 N–H and O–H groups in total. The lowest BCUT2D eigenvalue weighted by molar-refractivity contribution is 0.0551. The number of nitrogens with zero attached hydrogens (tertiary/aromatic N) is 3. The van der Waals surface area contributed by atoms with Gasteiger partial charge in [0, 0.05) is 38.3 Å². The van der Waals surface area contributed by atoms with Gasteiger partial charge in [-0.05, 0) is 61.3 Å². The van der Waals surface area contributed by atoms with Crippen molar-refractivity contribution in [1.82, 2.24) is 9.80 Å². The van der Waals surface area contributed by atoms with Crippen LogP contribution in [0.5, 0.6) is 11.5 Å². The van der Waals surface area contributed by atoms with Gasteiger partial charge in [0.2, 0.25) is 0 Å². The van der Waals surface area contributed by atoms with Crippen LogP contribution < -0.4 is 14.4 Å². The molecule has 2 aliphatic rings. The molecule has 2 amide bonds. The fourth-order valence-electron chi connectivity index (χ4n) is 5.87. The molecule has 1 fully saturated rings. The average Bonchev–Trinajstić information content (AvgIpc) is 3.29. The van der Waals surface area contributed by atoms with Crippen molar-refractivity contribution in [2.24, 2.45) is 0 Å². The number of anilines is 1. The maximum absolute atomic E-state index is 14.1. The van der Waals surface area contributed by atoms with Crippen molar-refractivity contribution in [2.75, 3.05) is 58.5 Å². The molecule has 3 aromatic rings. The number of piperazine rings is 1. The highest BCUT2D eigenvalue weighted by molar-refractivity contribution is 6.24. The quantitative estimate of drug-likeness (QED) is 0.204. The topological polar surface area (TPSA) is 71.6 Å². The minimum absolute atomic E-state index is 0.133. The lowest BCUT2D eigenvalue weighted by Gasteiger charge is -2.36. The van der Waals surface area contributed by atoms with Crippen molar-refractivity contribution in [1.29, 1.82) is 0 Å². The number of ether oxygens (including phenoxy) is 3. The van der Waals surface area contributed by atoms with Crippen LogP contribution in [0.2, 0.25) is 0 Å². The number of carbonyl (C=O) groups is 2. The smallest absolute Gasteiger partial charge is 0.264 e. The van der Waals surface area contributed by atoms with Gasteiger partial charge in [0.25, 0.3) is 11.8 Å². The Hall–Kier alpha value is -4.02. The maximum Gasteiger partial charge on any atom is 0.264 e. The Labute approximate surface area is 250 Å². The number of hydrogen-bond acceptors (Lipinski definition) is 7. The van der Waals surface area contributed by atoms with Gasteiger partial charge in [0.05, 0.1) is 43.7 Å². The number of methoxy groups -OCH3 is 2. The molecule has 2 aliphatic heterocycles. The maximum atomic E-state index is 14.1. The zero-order valence-electron chi connectivity index (χ0n) is 24.8. The van der Waals surface area contributed by atoms with Gasteiger partial charge in [-0.1, -0.05) is 25.1 Å². The van der Waals surface area contributed by atoms with Crippen molar-refractivity contribution < 1.29 is 32.6 Å². The molecule has 0 saturated carbocycles. The molecule has 8 nitrogen and oxygen atoms in total. The minimum atomic E-state index is -0.666. The molecule has 228 valence electrons. The Morgan fingerprint density at radius 3 is 2.23 bits per heavy atom. The van der Waals surface area contributed by atoms with E-state index in [1.165, 1.54) is 37.3 Å². The van der Waals surface area contributed by atoms with Crippen LogP contribution in [0, 0.1) is 11.6 Å². The lowest BCUT2D eigenvalue weighted by atomic mass is 9.99. The van der Waals surface area contributed by atoms with E-state index >= 15 is 0 Å². The SMILES string of the molecule is CCN1CCN(c2cccc3c2C(=O)N(C(CCCOCc2c(F)cccc2F)c2ccc(OC)c(OC)c2)C3=O)CC1. The number of hydrogen-bond donors (Lipinski definition) is 0. The molecule has 0 aliphatic carbocycles. The summed E-state index contributed by atoms with van der Waals surface area (Å²) >= 11 is 0. The van der Waals surface area contributed by atoms with Crippen molar-refractivity contribution >= 4 is 17.5 Å². The zero-order valence-corrected chi connectivity index (χ0v) is 24.8. The molecular weight excluding hydrogens is 556 g/mol. The number of imide groups is 1. The highest BCUT2D eigenvalue weighted by Crippen LogP contribution is 2.40. The van der Waals surface area contributed by atoms with Gasteiger partial charge in [0.15, 0.2) is 11.5 Å². The summed E-state index contributed by atoms with van der Waals surface area (Å²) < 4.78 is 44.6. The second-order valence-corrected chi connectivity index (χ2v) is 10.6. The first kappa shape index (κ1) is 30.4. The normalized spacial score (nSPS) is 16.0. The molecule has 1 saturated heterocycles. The van der Waals surface area contributed by atoms with Gasteiger partial charge < -0.3 is 24.0 Å². The van der Waals surface area contributed by atoms with Crippen LogP contribution in [0.15, 0.2) is 54.6 Å². The molecule has 0 radical (unpaired) electrons.